The number of hydrogen-bond donors (Lipinski definition) is 1. The van der Waals surface area contributed by atoms with E-state index >= 15 is 0 Å². The highest BCUT2D eigenvalue weighted by Crippen LogP contribution is 2.34. The maximum absolute atomic E-state index is 4.55. The van der Waals surface area contributed by atoms with E-state index in [2.05, 4.69) is 52.4 Å². The van der Waals surface area contributed by atoms with Crippen LogP contribution in [0.2, 0.25) is 0 Å². The topological polar surface area (TPSA) is 29.9 Å². The molecule has 0 saturated carbocycles. The smallest absolute Gasteiger partial charge is 0.110 e. The minimum absolute atomic E-state index is 0.359. The Labute approximate surface area is 133 Å². The van der Waals surface area contributed by atoms with Crippen LogP contribution in [0.15, 0.2) is 29.9 Å². The van der Waals surface area contributed by atoms with E-state index in [1.165, 1.54) is 20.1 Å². The number of imidazole rings is 1. The monoisotopic (exact) mass is 319 g/mol. The molecule has 3 aromatic rings. The predicted molar refractivity (Wildman–Crippen MR) is 92.3 cm³/mol. The Balaban J connectivity index is 1.83. The number of thiophene rings is 2. The molecular formula is C16H21N3S2. The Morgan fingerprint density at radius 3 is 3.00 bits per heavy atom. The van der Waals surface area contributed by atoms with Crippen LogP contribution in [0.3, 0.4) is 0 Å². The van der Waals surface area contributed by atoms with E-state index < -0.39 is 0 Å². The largest absolute Gasteiger partial charge is 0.335 e. The molecule has 1 N–H and O–H groups in total. The minimum Gasteiger partial charge on any atom is -0.335 e. The molecule has 5 heteroatoms. The Bertz CT molecular complexity index is 667. The van der Waals surface area contributed by atoms with Gasteiger partial charge in [-0.25, -0.2) is 4.98 Å². The van der Waals surface area contributed by atoms with E-state index in [1.54, 1.807) is 0 Å². The number of nitrogens with zero attached hydrogens (tertiary/aromatic N) is 2. The summed E-state index contributed by atoms with van der Waals surface area (Å²) in [6, 6.07) is 4.91. The van der Waals surface area contributed by atoms with Crippen LogP contribution in [0.1, 0.15) is 37.0 Å². The van der Waals surface area contributed by atoms with Gasteiger partial charge in [-0.1, -0.05) is 13.8 Å². The van der Waals surface area contributed by atoms with Gasteiger partial charge in [-0.3, -0.25) is 0 Å². The lowest BCUT2D eigenvalue weighted by atomic mass is 10.1. The summed E-state index contributed by atoms with van der Waals surface area (Å²) in [6.45, 7) is 6.40. The van der Waals surface area contributed by atoms with Crippen molar-refractivity contribution in [2.75, 3.05) is 6.54 Å². The fourth-order valence-corrected chi connectivity index (χ4v) is 4.83. The zero-order valence-corrected chi connectivity index (χ0v) is 14.1. The molecule has 0 spiro atoms. The van der Waals surface area contributed by atoms with Crippen molar-refractivity contribution >= 4 is 32.1 Å². The van der Waals surface area contributed by atoms with Gasteiger partial charge in [-0.2, -0.15) is 0 Å². The molecule has 1 unspecified atom stereocenters. The molecule has 0 amide bonds. The minimum atomic E-state index is 0.359. The molecule has 112 valence electrons. The van der Waals surface area contributed by atoms with Gasteiger partial charge in [0.05, 0.1) is 0 Å². The van der Waals surface area contributed by atoms with Crippen LogP contribution in [0, 0.1) is 0 Å². The average molecular weight is 319 g/mol. The summed E-state index contributed by atoms with van der Waals surface area (Å²) < 4.78 is 5.07. The maximum Gasteiger partial charge on any atom is 0.110 e. The number of hydrogen-bond acceptors (Lipinski definition) is 4. The highest BCUT2D eigenvalue weighted by atomic mass is 32.1. The van der Waals surface area contributed by atoms with Crippen LogP contribution in [0.4, 0.5) is 0 Å². The predicted octanol–water partition coefficient (Wildman–Crippen LogP) is 4.46. The molecule has 0 aliphatic carbocycles. The Morgan fingerprint density at radius 2 is 2.24 bits per heavy atom. The summed E-state index contributed by atoms with van der Waals surface area (Å²) in [6.07, 6.45) is 6.11. The number of fused-ring (bicyclic) bond motifs is 1. The lowest BCUT2D eigenvalue weighted by molar-refractivity contribution is 0.523. The first-order chi connectivity index (χ1) is 10.3. The normalized spacial score (nSPS) is 13.0. The van der Waals surface area contributed by atoms with Gasteiger partial charge in [-0.15, -0.1) is 22.7 Å². The van der Waals surface area contributed by atoms with Crippen molar-refractivity contribution in [2.45, 2.75) is 39.3 Å². The van der Waals surface area contributed by atoms with Crippen molar-refractivity contribution < 1.29 is 0 Å². The third-order valence-corrected chi connectivity index (χ3v) is 5.81. The molecule has 0 aliphatic rings. The standard InChI is InChI=1S/C16H21N3S2/c1-3-7-19-8-6-18-16(19)10-12(17-4-2)14-11-15-13(21-14)5-9-20-15/h5-6,8-9,11-12,17H,3-4,7,10H2,1-2H3. The molecule has 0 radical (unpaired) electrons. The molecule has 0 fully saturated rings. The van der Waals surface area contributed by atoms with Crippen molar-refractivity contribution in [3.05, 3.63) is 40.6 Å². The molecule has 21 heavy (non-hydrogen) atoms. The second kappa shape index (κ2) is 6.73. The number of aromatic nitrogens is 2. The summed E-state index contributed by atoms with van der Waals surface area (Å²) in [7, 11) is 0. The highest BCUT2D eigenvalue weighted by Gasteiger charge is 2.17. The molecule has 0 saturated heterocycles. The maximum atomic E-state index is 4.55. The van der Waals surface area contributed by atoms with Crippen LogP contribution < -0.4 is 5.32 Å². The third kappa shape index (κ3) is 3.20. The SMILES string of the molecule is CCCn1ccnc1CC(NCC)c1cc2sccc2s1. The van der Waals surface area contributed by atoms with Crippen molar-refractivity contribution in [3.63, 3.8) is 0 Å². The zero-order chi connectivity index (χ0) is 14.7. The van der Waals surface area contributed by atoms with Gasteiger partial charge in [0.1, 0.15) is 5.82 Å². The van der Waals surface area contributed by atoms with Gasteiger partial charge < -0.3 is 9.88 Å². The first kappa shape index (κ1) is 14.8. The van der Waals surface area contributed by atoms with Gasteiger partial charge >= 0.3 is 0 Å². The molecule has 1 atom stereocenters. The van der Waals surface area contributed by atoms with Crippen molar-refractivity contribution in [1.29, 1.82) is 0 Å². The number of likely N-dealkylation sites (N-methyl/N-ethyl adjacent to an activating group) is 1. The number of rotatable bonds is 7. The molecule has 3 heterocycles. The first-order valence-electron chi connectivity index (χ1n) is 7.52. The lowest BCUT2D eigenvalue weighted by Gasteiger charge is -2.17. The summed E-state index contributed by atoms with van der Waals surface area (Å²) in [4.78, 5) is 5.98. The fraction of sp³-hybridized carbons (Fsp3) is 0.438. The van der Waals surface area contributed by atoms with Crippen molar-refractivity contribution in [2.24, 2.45) is 0 Å². The van der Waals surface area contributed by atoms with Gasteiger partial charge in [0, 0.05) is 45.7 Å². The highest BCUT2D eigenvalue weighted by molar-refractivity contribution is 7.26. The zero-order valence-electron chi connectivity index (χ0n) is 12.5. The summed E-state index contributed by atoms with van der Waals surface area (Å²) in [5.74, 6) is 1.18. The van der Waals surface area contributed by atoms with E-state index in [9.17, 15) is 0 Å². The molecule has 0 bridgehead atoms. The van der Waals surface area contributed by atoms with Crippen LogP contribution >= 0.6 is 22.7 Å². The van der Waals surface area contributed by atoms with E-state index in [4.69, 9.17) is 0 Å². The van der Waals surface area contributed by atoms with E-state index in [0.29, 0.717) is 6.04 Å². The van der Waals surface area contributed by atoms with Crippen LogP contribution in [0.25, 0.3) is 9.40 Å². The summed E-state index contributed by atoms with van der Waals surface area (Å²) in [5, 5.41) is 5.79. The van der Waals surface area contributed by atoms with Crippen LogP contribution in [-0.2, 0) is 13.0 Å². The quantitative estimate of drug-likeness (QED) is 0.696. The van der Waals surface area contributed by atoms with Crippen LogP contribution in [-0.4, -0.2) is 16.1 Å². The summed E-state index contributed by atoms with van der Waals surface area (Å²) in [5.41, 5.74) is 0. The Morgan fingerprint density at radius 1 is 1.33 bits per heavy atom. The molecular weight excluding hydrogens is 298 g/mol. The molecule has 0 aromatic carbocycles. The Kier molecular flexibility index (Phi) is 4.73. The van der Waals surface area contributed by atoms with Crippen molar-refractivity contribution in [3.8, 4) is 0 Å². The molecule has 3 rings (SSSR count). The molecule has 3 aromatic heterocycles. The molecule has 0 aliphatic heterocycles. The fourth-order valence-electron chi connectivity index (χ4n) is 2.63. The van der Waals surface area contributed by atoms with Crippen molar-refractivity contribution in [1.82, 2.24) is 14.9 Å². The number of nitrogens with one attached hydrogen (secondary N) is 1. The second-order valence-electron chi connectivity index (χ2n) is 5.15. The average Bonchev–Trinajstić information content (AvgIpc) is 3.14. The van der Waals surface area contributed by atoms with Gasteiger partial charge in [0.2, 0.25) is 0 Å². The van der Waals surface area contributed by atoms with E-state index in [1.807, 2.05) is 28.9 Å². The summed E-state index contributed by atoms with van der Waals surface area (Å²) >= 11 is 3.73. The van der Waals surface area contributed by atoms with E-state index in [0.717, 1.165) is 25.9 Å². The number of aryl methyl sites for hydroxylation is 1. The first-order valence-corrected chi connectivity index (χ1v) is 9.21. The van der Waals surface area contributed by atoms with Gasteiger partial charge in [0.25, 0.3) is 0 Å². The van der Waals surface area contributed by atoms with E-state index in [-0.39, 0.29) is 0 Å². The molecule has 3 nitrogen and oxygen atoms in total. The van der Waals surface area contributed by atoms with Gasteiger partial charge in [-0.05, 0) is 30.5 Å². The second-order valence-corrected chi connectivity index (χ2v) is 7.21. The third-order valence-electron chi connectivity index (χ3n) is 3.61. The Hall–Kier alpha value is -1.17. The van der Waals surface area contributed by atoms with Crippen LogP contribution in [0.5, 0.6) is 0 Å². The van der Waals surface area contributed by atoms with Gasteiger partial charge in [0.15, 0.2) is 0 Å². The lowest BCUT2D eigenvalue weighted by Crippen LogP contribution is -2.23.